The molecule has 2 heterocycles. The van der Waals surface area contributed by atoms with E-state index in [0.717, 1.165) is 18.4 Å². The summed E-state index contributed by atoms with van der Waals surface area (Å²) in [6.07, 6.45) is 3.37. The zero-order valence-corrected chi connectivity index (χ0v) is 17.9. The molecule has 158 valence electrons. The molecule has 0 radical (unpaired) electrons. The average molecular weight is 426 g/mol. The largest absolute Gasteiger partial charge is 0.352 e. The smallest absolute Gasteiger partial charge is 0.262 e. The molecule has 4 rings (SSSR count). The van der Waals surface area contributed by atoms with Crippen molar-refractivity contribution in [2.45, 2.75) is 44.7 Å². The molecule has 2 aromatic rings. The zero-order chi connectivity index (χ0) is 21.1. The summed E-state index contributed by atoms with van der Waals surface area (Å²) in [7, 11) is 0. The molecule has 2 N–H and O–H groups in total. The van der Waals surface area contributed by atoms with Gasteiger partial charge in [-0.1, -0.05) is 23.8 Å². The lowest BCUT2D eigenvalue weighted by atomic mass is 9.88. The predicted molar refractivity (Wildman–Crippen MR) is 117 cm³/mol. The number of hydrogen-bond donors (Lipinski definition) is 2. The maximum absolute atomic E-state index is 12.9. The molecule has 2 aliphatic rings. The quantitative estimate of drug-likeness (QED) is 0.747. The van der Waals surface area contributed by atoms with Gasteiger partial charge in [-0.2, -0.15) is 0 Å². The van der Waals surface area contributed by atoms with Crippen LogP contribution in [0.25, 0.3) is 0 Å². The molecule has 1 aromatic heterocycles. The highest BCUT2D eigenvalue weighted by atomic mass is 32.1. The predicted octanol–water partition coefficient (Wildman–Crippen LogP) is 2.99. The van der Waals surface area contributed by atoms with Crippen molar-refractivity contribution >= 4 is 29.1 Å². The second-order valence-electron chi connectivity index (χ2n) is 8.21. The van der Waals surface area contributed by atoms with Gasteiger partial charge in [0.1, 0.15) is 6.04 Å². The number of carbonyl (C=O) groups is 3. The standard InChI is InChI=1S/C23H27N3O3S/c1-15-4-2-5-17(14-15)23(29)26-11-9-16(10-12-26)20(22(28)24-18-7-8-18)25-21(27)19-6-3-13-30-19/h2-6,13-14,16,18,20H,7-12H2,1H3,(H,24,28)(H,25,27). The van der Waals surface area contributed by atoms with E-state index in [1.54, 1.807) is 6.07 Å². The lowest BCUT2D eigenvalue weighted by Gasteiger charge is -2.36. The Hall–Kier alpha value is -2.67. The number of nitrogens with one attached hydrogen (secondary N) is 2. The second kappa shape index (κ2) is 9.00. The molecule has 2 fully saturated rings. The summed E-state index contributed by atoms with van der Waals surface area (Å²) >= 11 is 1.36. The highest BCUT2D eigenvalue weighted by Gasteiger charge is 2.36. The molecular formula is C23H27N3O3S. The molecule has 1 aliphatic heterocycles. The van der Waals surface area contributed by atoms with Crippen molar-refractivity contribution in [1.29, 1.82) is 0 Å². The molecule has 0 bridgehead atoms. The molecular weight excluding hydrogens is 398 g/mol. The fourth-order valence-corrected chi connectivity index (χ4v) is 4.56. The molecule has 3 amide bonds. The van der Waals surface area contributed by atoms with Crippen LogP contribution < -0.4 is 10.6 Å². The van der Waals surface area contributed by atoms with Crippen LogP contribution >= 0.6 is 11.3 Å². The number of hydrogen-bond acceptors (Lipinski definition) is 4. The van der Waals surface area contributed by atoms with E-state index >= 15 is 0 Å². The van der Waals surface area contributed by atoms with E-state index in [-0.39, 0.29) is 29.7 Å². The fourth-order valence-electron chi connectivity index (χ4n) is 3.93. The molecule has 1 unspecified atom stereocenters. The molecule has 1 aliphatic carbocycles. The summed E-state index contributed by atoms with van der Waals surface area (Å²) in [6.45, 7) is 3.14. The summed E-state index contributed by atoms with van der Waals surface area (Å²) < 4.78 is 0. The van der Waals surface area contributed by atoms with E-state index in [2.05, 4.69) is 10.6 Å². The number of aryl methyl sites for hydroxylation is 1. The molecule has 1 aromatic carbocycles. The minimum atomic E-state index is -0.573. The van der Waals surface area contributed by atoms with Gasteiger partial charge in [0, 0.05) is 24.7 Å². The Labute approximate surface area is 180 Å². The van der Waals surface area contributed by atoms with Gasteiger partial charge in [0.2, 0.25) is 5.91 Å². The van der Waals surface area contributed by atoms with Gasteiger partial charge >= 0.3 is 0 Å². The maximum atomic E-state index is 12.9. The summed E-state index contributed by atoms with van der Waals surface area (Å²) in [5.74, 6) is -0.280. The second-order valence-corrected chi connectivity index (χ2v) is 9.16. The van der Waals surface area contributed by atoms with Crippen LogP contribution in [0.4, 0.5) is 0 Å². The summed E-state index contributed by atoms with van der Waals surface area (Å²) in [6, 6.07) is 10.9. The number of piperidine rings is 1. The van der Waals surface area contributed by atoms with Crippen molar-refractivity contribution < 1.29 is 14.4 Å². The SMILES string of the molecule is Cc1cccc(C(=O)N2CCC(C(NC(=O)c3cccs3)C(=O)NC3CC3)CC2)c1. The van der Waals surface area contributed by atoms with Gasteiger partial charge < -0.3 is 15.5 Å². The minimum absolute atomic E-state index is 0.00854. The molecule has 1 saturated heterocycles. The molecule has 30 heavy (non-hydrogen) atoms. The van der Waals surface area contributed by atoms with Crippen LogP contribution in [0.3, 0.4) is 0 Å². The van der Waals surface area contributed by atoms with E-state index in [4.69, 9.17) is 0 Å². The van der Waals surface area contributed by atoms with Crippen LogP contribution in [0, 0.1) is 12.8 Å². The first-order chi connectivity index (χ1) is 14.5. The molecule has 6 nitrogen and oxygen atoms in total. The number of benzene rings is 1. The zero-order valence-electron chi connectivity index (χ0n) is 17.1. The first-order valence-corrected chi connectivity index (χ1v) is 11.4. The van der Waals surface area contributed by atoms with E-state index < -0.39 is 6.04 Å². The maximum Gasteiger partial charge on any atom is 0.262 e. The van der Waals surface area contributed by atoms with Crippen molar-refractivity contribution in [3.8, 4) is 0 Å². The van der Waals surface area contributed by atoms with Gasteiger partial charge in [0.15, 0.2) is 0 Å². The Bertz CT molecular complexity index is 916. The lowest BCUT2D eigenvalue weighted by Crippen LogP contribution is -2.54. The Morgan fingerprint density at radius 3 is 2.47 bits per heavy atom. The van der Waals surface area contributed by atoms with Crippen molar-refractivity contribution in [3.63, 3.8) is 0 Å². The van der Waals surface area contributed by atoms with E-state index in [9.17, 15) is 14.4 Å². The number of carbonyl (C=O) groups excluding carboxylic acids is 3. The number of thiophene rings is 1. The topological polar surface area (TPSA) is 78.5 Å². The van der Waals surface area contributed by atoms with Gasteiger partial charge in [0.25, 0.3) is 11.8 Å². The summed E-state index contributed by atoms with van der Waals surface area (Å²) in [5.41, 5.74) is 1.76. The first kappa shape index (κ1) is 20.6. The lowest BCUT2D eigenvalue weighted by molar-refractivity contribution is -0.124. The molecule has 7 heteroatoms. The van der Waals surface area contributed by atoms with Crippen LogP contribution in [-0.2, 0) is 4.79 Å². The third-order valence-electron chi connectivity index (χ3n) is 5.80. The van der Waals surface area contributed by atoms with Crippen molar-refractivity contribution in [1.82, 2.24) is 15.5 Å². The Morgan fingerprint density at radius 2 is 1.83 bits per heavy atom. The number of amides is 3. The summed E-state index contributed by atoms with van der Waals surface area (Å²) in [5, 5.41) is 7.85. The van der Waals surface area contributed by atoms with Crippen LogP contribution in [-0.4, -0.2) is 47.8 Å². The highest BCUT2D eigenvalue weighted by Crippen LogP contribution is 2.25. The average Bonchev–Trinajstić information content (AvgIpc) is 3.39. The van der Waals surface area contributed by atoms with Gasteiger partial charge in [-0.25, -0.2) is 0 Å². The molecule has 1 saturated carbocycles. The Balaban J connectivity index is 1.41. The van der Waals surface area contributed by atoms with Crippen LogP contribution in [0.5, 0.6) is 0 Å². The third-order valence-corrected chi connectivity index (χ3v) is 6.67. The normalized spacial score (nSPS) is 18.0. The Kier molecular flexibility index (Phi) is 6.18. The third kappa shape index (κ3) is 4.90. The van der Waals surface area contributed by atoms with Crippen molar-refractivity contribution in [3.05, 3.63) is 57.8 Å². The highest BCUT2D eigenvalue weighted by molar-refractivity contribution is 7.12. The number of nitrogens with zero attached hydrogens (tertiary/aromatic N) is 1. The van der Waals surface area contributed by atoms with Crippen molar-refractivity contribution in [2.75, 3.05) is 13.1 Å². The van der Waals surface area contributed by atoms with Gasteiger partial charge in [-0.15, -0.1) is 11.3 Å². The van der Waals surface area contributed by atoms with Gasteiger partial charge in [-0.05, 0) is 62.1 Å². The molecule has 1 atom stereocenters. The van der Waals surface area contributed by atoms with Gasteiger partial charge in [-0.3, -0.25) is 14.4 Å². The van der Waals surface area contributed by atoms with E-state index in [0.29, 0.717) is 36.4 Å². The number of likely N-dealkylation sites (tertiary alicyclic amines) is 1. The van der Waals surface area contributed by atoms with Crippen LogP contribution in [0.1, 0.15) is 51.3 Å². The monoisotopic (exact) mass is 425 g/mol. The first-order valence-electron chi connectivity index (χ1n) is 10.5. The summed E-state index contributed by atoms with van der Waals surface area (Å²) in [4.78, 5) is 40.8. The van der Waals surface area contributed by atoms with E-state index in [1.807, 2.05) is 47.5 Å². The van der Waals surface area contributed by atoms with Gasteiger partial charge in [0.05, 0.1) is 4.88 Å². The molecule has 0 spiro atoms. The fraction of sp³-hybridized carbons (Fsp3) is 0.435. The van der Waals surface area contributed by atoms with Crippen LogP contribution in [0.15, 0.2) is 41.8 Å². The Morgan fingerprint density at radius 1 is 1.07 bits per heavy atom. The van der Waals surface area contributed by atoms with Crippen molar-refractivity contribution in [2.24, 2.45) is 5.92 Å². The number of rotatable bonds is 6. The minimum Gasteiger partial charge on any atom is -0.352 e. The van der Waals surface area contributed by atoms with Crippen LogP contribution in [0.2, 0.25) is 0 Å². The van der Waals surface area contributed by atoms with E-state index in [1.165, 1.54) is 11.3 Å².